The Bertz CT molecular complexity index is 750. The van der Waals surface area contributed by atoms with Gasteiger partial charge in [-0.2, -0.15) is 0 Å². The molecule has 1 aliphatic rings. The second-order valence-corrected chi connectivity index (χ2v) is 6.12. The van der Waals surface area contributed by atoms with Crippen molar-refractivity contribution < 1.29 is 29.6 Å². The second kappa shape index (κ2) is 10.2. The first kappa shape index (κ1) is 20.3. The third kappa shape index (κ3) is 6.99. The molecule has 3 rings (SSSR count). The van der Waals surface area contributed by atoms with Crippen molar-refractivity contribution >= 4 is 11.9 Å². The molecule has 2 aromatic carbocycles. The zero-order valence-electron chi connectivity index (χ0n) is 14.8. The Hall–Kier alpha value is -3.06. The van der Waals surface area contributed by atoms with Crippen molar-refractivity contribution in [2.45, 2.75) is 25.4 Å². The lowest BCUT2D eigenvalue weighted by molar-refractivity contribution is -0.159. The highest BCUT2D eigenvalue weighted by Crippen LogP contribution is 2.30. The van der Waals surface area contributed by atoms with Crippen LogP contribution in [-0.2, 0) is 22.4 Å². The molecule has 0 aliphatic carbocycles. The van der Waals surface area contributed by atoms with Gasteiger partial charge in [0.15, 0.2) is 0 Å². The van der Waals surface area contributed by atoms with Crippen molar-refractivity contribution in [3.05, 3.63) is 59.7 Å². The van der Waals surface area contributed by atoms with Gasteiger partial charge in [-0.25, -0.2) is 9.59 Å². The smallest absolute Gasteiger partial charge is 0.414 e. The maximum Gasteiger partial charge on any atom is 0.414 e. The standard InChI is InChI=1S/C18H21NO2.C2H2O4/c20-16-8-6-15-7-9-17(21-18(15)12-16)13-19-11-10-14-4-2-1-3-5-14;3-1(4)2(5)6/h1-6,8,12,17,19-20H,7,9-11,13H2;(H,3,4)(H,5,6). The van der Waals surface area contributed by atoms with Crippen LogP contribution in [0.4, 0.5) is 0 Å². The minimum atomic E-state index is -1.82. The van der Waals surface area contributed by atoms with Gasteiger partial charge in [-0.1, -0.05) is 36.4 Å². The van der Waals surface area contributed by atoms with E-state index in [4.69, 9.17) is 24.5 Å². The maximum absolute atomic E-state index is 9.52. The molecule has 1 heterocycles. The van der Waals surface area contributed by atoms with Crippen LogP contribution in [0.3, 0.4) is 0 Å². The minimum absolute atomic E-state index is 0.190. The van der Waals surface area contributed by atoms with Crippen molar-refractivity contribution in [1.82, 2.24) is 5.32 Å². The summed E-state index contributed by atoms with van der Waals surface area (Å²) in [6, 6.07) is 15.9. The molecule has 7 nitrogen and oxygen atoms in total. The highest BCUT2D eigenvalue weighted by atomic mass is 16.5. The fourth-order valence-corrected chi connectivity index (χ4v) is 2.70. The number of aromatic hydroxyl groups is 1. The van der Waals surface area contributed by atoms with E-state index in [9.17, 15) is 5.11 Å². The zero-order chi connectivity index (χ0) is 19.6. The summed E-state index contributed by atoms with van der Waals surface area (Å²) in [5.41, 5.74) is 2.54. The predicted molar refractivity (Wildman–Crippen MR) is 99.1 cm³/mol. The molecule has 0 saturated heterocycles. The number of aliphatic carboxylic acids is 2. The average Bonchev–Trinajstić information content (AvgIpc) is 2.66. The third-order valence-electron chi connectivity index (χ3n) is 4.07. The van der Waals surface area contributed by atoms with Crippen molar-refractivity contribution in [3.8, 4) is 11.5 Å². The van der Waals surface area contributed by atoms with Crippen LogP contribution in [0.15, 0.2) is 48.5 Å². The molecule has 1 unspecified atom stereocenters. The van der Waals surface area contributed by atoms with Crippen LogP contribution >= 0.6 is 0 Å². The summed E-state index contributed by atoms with van der Waals surface area (Å²) in [7, 11) is 0. The first-order chi connectivity index (χ1) is 13.0. The van der Waals surface area contributed by atoms with E-state index in [1.165, 1.54) is 11.1 Å². The van der Waals surface area contributed by atoms with Crippen molar-refractivity contribution in [3.63, 3.8) is 0 Å². The number of hydrogen-bond acceptors (Lipinski definition) is 5. The van der Waals surface area contributed by atoms with Gasteiger partial charge in [-0.3, -0.25) is 0 Å². The van der Waals surface area contributed by atoms with E-state index in [-0.39, 0.29) is 11.9 Å². The number of rotatable bonds is 5. The van der Waals surface area contributed by atoms with Crippen LogP contribution in [0.5, 0.6) is 11.5 Å². The molecule has 0 fully saturated rings. The summed E-state index contributed by atoms with van der Waals surface area (Å²) in [6.45, 7) is 1.80. The molecule has 4 N–H and O–H groups in total. The Labute approximate surface area is 157 Å². The number of ether oxygens (including phenoxy) is 1. The van der Waals surface area contributed by atoms with Gasteiger partial charge in [0.1, 0.15) is 17.6 Å². The van der Waals surface area contributed by atoms with Gasteiger partial charge in [0, 0.05) is 12.6 Å². The Kier molecular flexibility index (Phi) is 7.63. The van der Waals surface area contributed by atoms with E-state index in [1.807, 2.05) is 12.1 Å². The average molecular weight is 373 g/mol. The molecule has 0 saturated carbocycles. The third-order valence-corrected chi connectivity index (χ3v) is 4.07. The first-order valence-electron chi connectivity index (χ1n) is 8.65. The quantitative estimate of drug-likeness (QED) is 0.468. The molecule has 1 atom stereocenters. The molecular formula is C20H23NO6. The maximum atomic E-state index is 9.52. The number of aryl methyl sites for hydroxylation is 1. The van der Waals surface area contributed by atoms with Crippen LogP contribution in [0.2, 0.25) is 0 Å². The van der Waals surface area contributed by atoms with Gasteiger partial charge < -0.3 is 25.4 Å². The van der Waals surface area contributed by atoms with Crippen molar-refractivity contribution in [1.29, 1.82) is 0 Å². The van der Waals surface area contributed by atoms with Crippen LogP contribution in [-0.4, -0.2) is 46.5 Å². The van der Waals surface area contributed by atoms with E-state index >= 15 is 0 Å². The Morgan fingerprint density at radius 1 is 1.07 bits per heavy atom. The number of fused-ring (bicyclic) bond motifs is 1. The van der Waals surface area contributed by atoms with E-state index < -0.39 is 11.9 Å². The molecule has 0 radical (unpaired) electrons. The van der Waals surface area contributed by atoms with Crippen LogP contribution in [0, 0.1) is 0 Å². The highest BCUT2D eigenvalue weighted by Gasteiger charge is 2.19. The summed E-state index contributed by atoms with van der Waals surface area (Å²) in [5.74, 6) is -2.55. The number of carboxylic acids is 2. The molecule has 0 aromatic heterocycles. The van der Waals surface area contributed by atoms with Gasteiger partial charge in [0.2, 0.25) is 0 Å². The van der Waals surface area contributed by atoms with Gasteiger partial charge >= 0.3 is 11.9 Å². The van der Waals surface area contributed by atoms with E-state index in [1.54, 1.807) is 12.1 Å². The molecule has 1 aliphatic heterocycles. The second-order valence-electron chi connectivity index (χ2n) is 6.12. The van der Waals surface area contributed by atoms with Crippen LogP contribution < -0.4 is 10.1 Å². The monoisotopic (exact) mass is 373 g/mol. The topological polar surface area (TPSA) is 116 Å². The molecule has 2 aromatic rings. The molecule has 7 heteroatoms. The van der Waals surface area contributed by atoms with Crippen molar-refractivity contribution in [2.24, 2.45) is 0 Å². The number of phenolic OH excluding ortho intramolecular Hbond substituents is 1. The molecule has 0 amide bonds. The number of benzene rings is 2. The number of carbonyl (C=O) groups is 2. The summed E-state index contributed by atoms with van der Waals surface area (Å²) in [4.78, 5) is 18.2. The number of phenols is 1. The Morgan fingerprint density at radius 2 is 1.78 bits per heavy atom. The highest BCUT2D eigenvalue weighted by molar-refractivity contribution is 6.27. The molecule has 27 heavy (non-hydrogen) atoms. The molecule has 0 spiro atoms. The molecular weight excluding hydrogens is 350 g/mol. The first-order valence-corrected chi connectivity index (χ1v) is 8.65. The fraction of sp³-hybridized carbons (Fsp3) is 0.300. The minimum Gasteiger partial charge on any atom is -0.508 e. The number of carboxylic acid groups (broad SMARTS) is 2. The zero-order valence-corrected chi connectivity index (χ0v) is 14.8. The number of hydrogen-bond donors (Lipinski definition) is 4. The molecule has 0 bridgehead atoms. The Balaban J connectivity index is 0.000000380. The predicted octanol–water partition coefficient (Wildman–Crippen LogP) is 2.07. The van der Waals surface area contributed by atoms with Gasteiger partial charge in [0.05, 0.1) is 0 Å². The molecule has 144 valence electrons. The van der Waals surface area contributed by atoms with E-state index in [2.05, 4.69) is 29.6 Å². The van der Waals surface area contributed by atoms with Gasteiger partial charge in [-0.15, -0.1) is 0 Å². The largest absolute Gasteiger partial charge is 0.508 e. The summed E-state index contributed by atoms with van der Waals surface area (Å²) in [5, 5.41) is 27.8. The fourth-order valence-electron chi connectivity index (χ4n) is 2.70. The van der Waals surface area contributed by atoms with Crippen LogP contribution in [0.1, 0.15) is 17.5 Å². The lowest BCUT2D eigenvalue weighted by Crippen LogP contribution is -2.35. The van der Waals surface area contributed by atoms with E-state index in [0.29, 0.717) is 0 Å². The lowest BCUT2D eigenvalue weighted by atomic mass is 10.0. The summed E-state index contributed by atoms with van der Waals surface area (Å²) >= 11 is 0. The van der Waals surface area contributed by atoms with Gasteiger partial charge in [0.25, 0.3) is 0 Å². The Morgan fingerprint density at radius 3 is 2.44 bits per heavy atom. The van der Waals surface area contributed by atoms with Crippen LogP contribution in [0.25, 0.3) is 0 Å². The number of nitrogens with one attached hydrogen (secondary N) is 1. The lowest BCUT2D eigenvalue weighted by Gasteiger charge is -2.26. The van der Waals surface area contributed by atoms with Gasteiger partial charge in [-0.05, 0) is 43.0 Å². The van der Waals surface area contributed by atoms with E-state index in [0.717, 1.165) is 38.1 Å². The summed E-state index contributed by atoms with van der Waals surface area (Å²) < 4.78 is 5.94. The summed E-state index contributed by atoms with van der Waals surface area (Å²) in [6.07, 6.45) is 3.26. The normalized spacial score (nSPS) is 14.9. The SMILES string of the molecule is O=C(O)C(=O)O.Oc1ccc2c(c1)OC(CNCCc1ccccc1)CC2. The van der Waals surface area contributed by atoms with Crippen molar-refractivity contribution in [2.75, 3.05) is 13.1 Å².